The zero-order valence-corrected chi connectivity index (χ0v) is 13.4. The second-order valence-corrected chi connectivity index (χ2v) is 6.79. The van der Waals surface area contributed by atoms with Crippen LogP contribution in [0.2, 0.25) is 0 Å². The molecule has 1 atom stereocenters. The van der Waals surface area contributed by atoms with Crippen LogP contribution in [0.25, 0.3) is 0 Å². The van der Waals surface area contributed by atoms with Gasteiger partial charge in [0.25, 0.3) is 0 Å². The maximum Gasteiger partial charge on any atom is 0.313 e. The van der Waals surface area contributed by atoms with Crippen LogP contribution in [0.1, 0.15) is 43.6 Å². The van der Waals surface area contributed by atoms with Crippen molar-refractivity contribution in [3.8, 4) is 5.75 Å². The summed E-state index contributed by atoms with van der Waals surface area (Å²) in [5, 5.41) is 12.3. The van der Waals surface area contributed by atoms with Gasteiger partial charge in [0.1, 0.15) is 5.75 Å². The molecule has 1 unspecified atom stereocenters. The zero-order chi connectivity index (χ0) is 16.4. The van der Waals surface area contributed by atoms with Gasteiger partial charge < -0.3 is 15.2 Å². The fourth-order valence-corrected chi connectivity index (χ4v) is 3.14. The molecule has 2 N–H and O–H groups in total. The number of methoxy groups -OCH3 is 1. The summed E-state index contributed by atoms with van der Waals surface area (Å²) in [6.07, 6.45) is 4.27. The summed E-state index contributed by atoms with van der Waals surface area (Å²) >= 11 is 0. The highest BCUT2D eigenvalue weighted by atomic mass is 16.5. The van der Waals surface area contributed by atoms with Crippen LogP contribution in [0.3, 0.4) is 0 Å². The average molecular weight is 317 g/mol. The second kappa shape index (κ2) is 6.22. The molecule has 0 bridgehead atoms. The molecule has 0 aromatic heterocycles. The minimum Gasteiger partial charge on any atom is -0.508 e. The Labute approximate surface area is 136 Å². The number of aromatic hydroxyl groups is 1. The lowest BCUT2D eigenvalue weighted by molar-refractivity contribution is -0.147. The smallest absolute Gasteiger partial charge is 0.313 e. The van der Waals surface area contributed by atoms with E-state index in [1.54, 1.807) is 12.1 Å². The SMILES string of the molecule is COC(=O)C1(CNC(=O)CC(c2ccc(O)cc2)C2CC2)CC1. The predicted octanol–water partition coefficient (Wildman–Crippen LogP) is 2.35. The average Bonchev–Trinajstić information content (AvgIpc) is 3.45. The number of esters is 1. The van der Waals surface area contributed by atoms with Crippen molar-refractivity contribution in [2.24, 2.45) is 11.3 Å². The van der Waals surface area contributed by atoms with Crippen LogP contribution in [0.4, 0.5) is 0 Å². The number of nitrogens with one attached hydrogen (secondary N) is 1. The first-order chi connectivity index (χ1) is 11.0. The fourth-order valence-electron chi connectivity index (χ4n) is 3.14. The minimum absolute atomic E-state index is 0.0230. The van der Waals surface area contributed by atoms with Crippen molar-refractivity contribution >= 4 is 11.9 Å². The Bertz CT molecular complexity index is 588. The van der Waals surface area contributed by atoms with Gasteiger partial charge in [-0.3, -0.25) is 9.59 Å². The zero-order valence-electron chi connectivity index (χ0n) is 13.4. The van der Waals surface area contributed by atoms with Crippen molar-refractivity contribution in [2.45, 2.75) is 38.0 Å². The van der Waals surface area contributed by atoms with Gasteiger partial charge in [-0.1, -0.05) is 12.1 Å². The standard InChI is InChI=1S/C18H23NO4/c1-23-17(22)18(8-9-18)11-19-16(21)10-15(12-2-3-12)13-4-6-14(20)7-5-13/h4-7,12,15,20H,2-3,8-11H2,1H3,(H,19,21). The van der Waals surface area contributed by atoms with Gasteiger partial charge in [-0.05, 0) is 55.2 Å². The highest BCUT2D eigenvalue weighted by Crippen LogP contribution is 2.47. The molecule has 0 spiro atoms. The van der Waals surface area contributed by atoms with Gasteiger partial charge in [-0.2, -0.15) is 0 Å². The summed E-state index contributed by atoms with van der Waals surface area (Å²) in [6.45, 7) is 0.367. The van der Waals surface area contributed by atoms with Crippen molar-refractivity contribution in [1.29, 1.82) is 0 Å². The summed E-state index contributed by atoms with van der Waals surface area (Å²) in [5.41, 5.74) is 0.604. The molecule has 2 aliphatic rings. The number of benzene rings is 1. The molecule has 5 nitrogen and oxygen atoms in total. The van der Waals surface area contributed by atoms with Crippen molar-refractivity contribution in [3.05, 3.63) is 29.8 Å². The van der Waals surface area contributed by atoms with Crippen LogP contribution in [0, 0.1) is 11.3 Å². The van der Waals surface area contributed by atoms with E-state index >= 15 is 0 Å². The van der Waals surface area contributed by atoms with Crippen molar-refractivity contribution in [1.82, 2.24) is 5.32 Å². The summed E-state index contributed by atoms with van der Waals surface area (Å²) in [4.78, 5) is 24.0. The number of amides is 1. The Morgan fingerprint density at radius 2 is 1.96 bits per heavy atom. The van der Waals surface area contributed by atoms with E-state index in [2.05, 4.69) is 5.32 Å². The molecule has 2 fully saturated rings. The molecule has 0 saturated heterocycles. The third kappa shape index (κ3) is 3.66. The van der Waals surface area contributed by atoms with Gasteiger partial charge in [-0.15, -0.1) is 0 Å². The molecule has 2 saturated carbocycles. The Morgan fingerprint density at radius 1 is 1.30 bits per heavy atom. The van der Waals surface area contributed by atoms with E-state index < -0.39 is 5.41 Å². The summed E-state index contributed by atoms with van der Waals surface area (Å²) < 4.78 is 4.81. The number of ether oxygens (including phenoxy) is 1. The number of phenolic OH excluding ortho intramolecular Hbond substituents is 1. The number of carbonyl (C=O) groups excluding carboxylic acids is 2. The van der Waals surface area contributed by atoms with Crippen LogP contribution in [-0.2, 0) is 14.3 Å². The third-order valence-corrected chi connectivity index (χ3v) is 5.01. The lowest BCUT2D eigenvalue weighted by Crippen LogP contribution is -2.35. The molecular formula is C18H23NO4. The monoisotopic (exact) mass is 317 g/mol. The first-order valence-corrected chi connectivity index (χ1v) is 8.18. The predicted molar refractivity (Wildman–Crippen MR) is 84.9 cm³/mol. The van der Waals surface area contributed by atoms with Crippen LogP contribution in [0.15, 0.2) is 24.3 Å². The maximum atomic E-state index is 12.3. The maximum absolute atomic E-state index is 12.3. The highest BCUT2D eigenvalue weighted by molar-refractivity contribution is 5.82. The topological polar surface area (TPSA) is 75.6 Å². The normalized spacial score (nSPS) is 19.7. The van der Waals surface area contributed by atoms with E-state index in [1.165, 1.54) is 7.11 Å². The largest absolute Gasteiger partial charge is 0.508 e. The van der Waals surface area contributed by atoms with Crippen molar-refractivity contribution in [2.75, 3.05) is 13.7 Å². The number of carbonyl (C=O) groups is 2. The van der Waals surface area contributed by atoms with Gasteiger partial charge in [0.15, 0.2) is 0 Å². The number of hydrogen-bond donors (Lipinski definition) is 2. The van der Waals surface area contributed by atoms with E-state index in [9.17, 15) is 14.7 Å². The molecule has 0 aliphatic heterocycles. The first kappa shape index (κ1) is 15.8. The summed E-state index contributed by atoms with van der Waals surface area (Å²) in [6, 6.07) is 7.11. The summed E-state index contributed by atoms with van der Waals surface area (Å²) in [7, 11) is 1.39. The minimum atomic E-state index is -0.488. The number of hydrogen-bond acceptors (Lipinski definition) is 4. The molecule has 5 heteroatoms. The van der Waals surface area contributed by atoms with Crippen LogP contribution < -0.4 is 5.32 Å². The number of rotatable bonds is 7. The third-order valence-electron chi connectivity index (χ3n) is 5.01. The Hall–Kier alpha value is -2.04. The molecule has 3 rings (SSSR count). The van der Waals surface area contributed by atoms with Crippen LogP contribution in [-0.4, -0.2) is 30.6 Å². The van der Waals surface area contributed by atoms with Gasteiger partial charge in [0.05, 0.1) is 12.5 Å². The molecule has 124 valence electrons. The molecule has 0 radical (unpaired) electrons. The Balaban J connectivity index is 1.57. The van der Waals surface area contributed by atoms with E-state index in [1.807, 2.05) is 12.1 Å². The first-order valence-electron chi connectivity index (χ1n) is 8.18. The lowest BCUT2D eigenvalue weighted by atomic mass is 9.90. The molecule has 23 heavy (non-hydrogen) atoms. The van der Waals surface area contributed by atoms with Crippen molar-refractivity contribution < 1.29 is 19.4 Å². The van der Waals surface area contributed by atoms with E-state index in [4.69, 9.17) is 4.74 Å². The quantitative estimate of drug-likeness (QED) is 0.757. The highest BCUT2D eigenvalue weighted by Gasteiger charge is 2.51. The van der Waals surface area contributed by atoms with E-state index in [-0.39, 0.29) is 23.5 Å². The molecule has 1 amide bonds. The van der Waals surface area contributed by atoms with Gasteiger partial charge in [-0.25, -0.2) is 0 Å². The molecule has 1 aromatic carbocycles. The van der Waals surface area contributed by atoms with Crippen molar-refractivity contribution in [3.63, 3.8) is 0 Å². The molecule has 2 aliphatic carbocycles. The fraction of sp³-hybridized carbons (Fsp3) is 0.556. The second-order valence-electron chi connectivity index (χ2n) is 6.79. The van der Waals surface area contributed by atoms with Gasteiger partial charge in [0.2, 0.25) is 5.91 Å². The van der Waals surface area contributed by atoms with E-state index in [0.29, 0.717) is 18.9 Å². The van der Waals surface area contributed by atoms with Crippen LogP contribution in [0.5, 0.6) is 5.75 Å². The Kier molecular flexibility index (Phi) is 4.28. The van der Waals surface area contributed by atoms with Gasteiger partial charge in [0, 0.05) is 13.0 Å². The molecule has 0 heterocycles. The molecule has 1 aromatic rings. The number of phenols is 1. The van der Waals surface area contributed by atoms with E-state index in [0.717, 1.165) is 31.2 Å². The van der Waals surface area contributed by atoms with Crippen LogP contribution >= 0.6 is 0 Å². The van der Waals surface area contributed by atoms with Gasteiger partial charge >= 0.3 is 5.97 Å². The molecular weight excluding hydrogens is 294 g/mol. The Morgan fingerprint density at radius 3 is 2.48 bits per heavy atom. The lowest BCUT2D eigenvalue weighted by Gasteiger charge is -2.18. The summed E-state index contributed by atoms with van der Waals surface area (Å²) in [5.74, 6) is 0.714.